The Morgan fingerprint density at radius 1 is 1.00 bits per heavy atom. The quantitative estimate of drug-likeness (QED) is 0.389. The minimum absolute atomic E-state index is 0.110. The second-order valence-corrected chi connectivity index (χ2v) is 9.43. The van der Waals surface area contributed by atoms with Crippen molar-refractivity contribution in [3.63, 3.8) is 0 Å². The number of carbonyl (C=O) groups is 2. The molecule has 3 aromatic rings. The highest BCUT2D eigenvalue weighted by Gasteiger charge is 2.25. The molecule has 0 aliphatic rings. The summed E-state index contributed by atoms with van der Waals surface area (Å²) in [7, 11) is 3.10. The van der Waals surface area contributed by atoms with E-state index < -0.39 is 17.7 Å². The summed E-state index contributed by atoms with van der Waals surface area (Å²) >= 11 is 1.22. The Morgan fingerprint density at radius 2 is 1.71 bits per heavy atom. The molecule has 1 aromatic heterocycles. The Hall–Kier alpha value is -3.52. The van der Waals surface area contributed by atoms with Crippen molar-refractivity contribution in [2.75, 3.05) is 19.5 Å². The van der Waals surface area contributed by atoms with Crippen LogP contribution in [0, 0.1) is 6.92 Å². The lowest BCUT2D eigenvalue weighted by atomic mass is 10.0. The molecule has 1 heterocycles. The lowest BCUT2D eigenvalue weighted by Gasteiger charge is -2.19. The van der Waals surface area contributed by atoms with Gasteiger partial charge in [-0.15, -0.1) is 11.3 Å². The zero-order valence-electron chi connectivity index (χ0n) is 20.2. The SMILES string of the molecule is COc1ccc(-c2csc(NC(=O)OC(C)(C)C)c2C(=O)OCc2ccccc2C)cc1OC. The van der Waals surface area contributed by atoms with Crippen LogP contribution in [0.5, 0.6) is 11.5 Å². The van der Waals surface area contributed by atoms with Gasteiger partial charge in [0, 0.05) is 10.9 Å². The molecule has 0 aliphatic carbocycles. The number of esters is 1. The van der Waals surface area contributed by atoms with Crippen molar-refractivity contribution in [2.45, 2.75) is 39.9 Å². The number of methoxy groups -OCH3 is 2. The van der Waals surface area contributed by atoms with Gasteiger partial charge in [0.1, 0.15) is 22.8 Å². The van der Waals surface area contributed by atoms with Gasteiger partial charge in [-0.1, -0.05) is 30.3 Å². The average Bonchev–Trinajstić information content (AvgIpc) is 3.19. The van der Waals surface area contributed by atoms with E-state index in [1.807, 2.05) is 37.3 Å². The third-order valence-corrected chi connectivity index (χ3v) is 5.82. The van der Waals surface area contributed by atoms with Crippen LogP contribution in [0.15, 0.2) is 47.8 Å². The molecule has 2 aromatic carbocycles. The molecule has 1 amide bonds. The van der Waals surface area contributed by atoms with Crippen molar-refractivity contribution in [1.82, 2.24) is 0 Å². The number of anilines is 1. The van der Waals surface area contributed by atoms with Crippen molar-refractivity contribution in [2.24, 2.45) is 0 Å². The third-order valence-electron chi connectivity index (χ3n) is 4.92. The molecular weight excluding hydrogens is 454 g/mol. The van der Waals surface area contributed by atoms with Gasteiger partial charge in [0.2, 0.25) is 0 Å². The van der Waals surface area contributed by atoms with Crippen LogP contribution in [-0.2, 0) is 16.1 Å². The zero-order chi connectivity index (χ0) is 24.9. The first-order valence-corrected chi connectivity index (χ1v) is 11.6. The van der Waals surface area contributed by atoms with E-state index in [4.69, 9.17) is 18.9 Å². The Morgan fingerprint density at radius 3 is 2.35 bits per heavy atom. The van der Waals surface area contributed by atoms with Gasteiger partial charge in [0.25, 0.3) is 0 Å². The smallest absolute Gasteiger partial charge is 0.412 e. The Kier molecular flexibility index (Phi) is 7.83. The summed E-state index contributed by atoms with van der Waals surface area (Å²) in [5.41, 5.74) is 2.81. The molecule has 0 atom stereocenters. The standard InChI is InChI=1S/C26H29NO6S/c1-16-9-7-8-10-18(16)14-32-24(28)22-19(17-11-12-20(30-5)21(13-17)31-6)15-34-23(22)27-25(29)33-26(2,3)4/h7-13,15H,14H2,1-6H3,(H,27,29). The van der Waals surface area contributed by atoms with E-state index >= 15 is 0 Å². The second kappa shape index (κ2) is 10.6. The molecular formula is C26H29NO6S. The van der Waals surface area contributed by atoms with Crippen molar-refractivity contribution in [3.05, 3.63) is 64.5 Å². The van der Waals surface area contributed by atoms with E-state index in [2.05, 4.69) is 5.32 Å². The molecule has 8 heteroatoms. The minimum Gasteiger partial charge on any atom is -0.493 e. The lowest BCUT2D eigenvalue weighted by molar-refractivity contribution is 0.0475. The predicted molar refractivity (Wildman–Crippen MR) is 133 cm³/mol. The highest BCUT2D eigenvalue weighted by molar-refractivity contribution is 7.15. The van der Waals surface area contributed by atoms with Gasteiger partial charge in [0.05, 0.1) is 14.2 Å². The fourth-order valence-corrected chi connectivity index (χ4v) is 4.20. The van der Waals surface area contributed by atoms with Gasteiger partial charge in [-0.25, -0.2) is 9.59 Å². The van der Waals surface area contributed by atoms with Crippen LogP contribution >= 0.6 is 11.3 Å². The van der Waals surface area contributed by atoms with Crippen molar-refractivity contribution < 1.29 is 28.5 Å². The molecule has 0 spiro atoms. The van der Waals surface area contributed by atoms with E-state index in [1.165, 1.54) is 11.3 Å². The fraction of sp³-hybridized carbons (Fsp3) is 0.308. The summed E-state index contributed by atoms with van der Waals surface area (Å²) in [6, 6.07) is 13.0. The number of thiophene rings is 1. The van der Waals surface area contributed by atoms with Gasteiger partial charge in [-0.05, 0) is 56.5 Å². The van der Waals surface area contributed by atoms with E-state index in [-0.39, 0.29) is 12.2 Å². The van der Waals surface area contributed by atoms with Gasteiger partial charge < -0.3 is 18.9 Å². The summed E-state index contributed by atoms with van der Waals surface area (Å²) in [6.07, 6.45) is -0.652. The number of ether oxygens (including phenoxy) is 4. The lowest BCUT2D eigenvalue weighted by Crippen LogP contribution is -2.27. The van der Waals surface area contributed by atoms with Gasteiger partial charge in [-0.2, -0.15) is 0 Å². The van der Waals surface area contributed by atoms with Crippen molar-refractivity contribution in [1.29, 1.82) is 0 Å². The maximum absolute atomic E-state index is 13.3. The summed E-state index contributed by atoms with van der Waals surface area (Å²) in [4.78, 5) is 25.7. The first-order valence-electron chi connectivity index (χ1n) is 10.7. The van der Waals surface area contributed by atoms with Crippen LogP contribution in [0.1, 0.15) is 42.3 Å². The van der Waals surface area contributed by atoms with E-state index in [9.17, 15) is 9.59 Å². The Labute approximate surface area is 203 Å². The molecule has 0 fully saturated rings. The Bertz CT molecular complexity index is 1180. The maximum Gasteiger partial charge on any atom is 0.412 e. The van der Waals surface area contributed by atoms with Crippen LogP contribution in [0.4, 0.5) is 9.80 Å². The molecule has 0 saturated heterocycles. The highest BCUT2D eigenvalue weighted by Crippen LogP contribution is 2.40. The molecule has 0 aliphatic heterocycles. The number of benzene rings is 2. The number of aryl methyl sites for hydroxylation is 1. The van der Waals surface area contributed by atoms with Crippen LogP contribution in [0.3, 0.4) is 0 Å². The molecule has 7 nitrogen and oxygen atoms in total. The molecule has 3 rings (SSSR count). The average molecular weight is 484 g/mol. The normalized spacial score (nSPS) is 11.0. The molecule has 1 N–H and O–H groups in total. The molecule has 34 heavy (non-hydrogen) atoms. The number of rotatable bonds is 7. The van der Waals surface area contributed by atoms with Crippen LogP contribution < -0.4 is 14.8 Å². The van der Waals surface area contributed by atoms with Crippen molar-refractivity contribution >= 4 is 28.4 Å². The molecule has 0 bridgehead atoms. The topological polar surface area (TPSA) is 83.1 Å². The number of hydrogen-bond donors (Lipinski definition) is 1. The highest BCUT2D eigenvalue weighted by atomic mass is 32.1. The van der Waals surface area contributed by atoms with Crippen molar-refractivity contribution in [3.8, 4) is 22.6 Å². The third kappa shape index (κ3) is 6.08. The second-order valence-electron chi connectivity index (χ2n) is 8.55. The maximum atomic E-state index is 13.3. The number of carbonyl (C=O) groups excluding carboxylic acids is 2. The van der Waals surface area contributed by atoms with E-state index in [0.29, 0.717) is 27.6 Å². The molecule has 0 unspecified atom stereocenters. The summed E-state index contributed by atoms with van der Waals surface area (Å²) in [5, 5.41) is 4.83. The predicted octanol–water partition coefficient (Wildman–Crippen LogP) is 6.44. The van der Waals surface area contributed by atoms with Gasteiger partial charge in [-0.3, -0.25) is 5.32 Å². The number of nitrogens with one attached hydrogen (secondary N) is 1. The van der Waals surface area contributed by atoms with Crippen LogP contribution in [-0.4, -0.2) is 31.9 Å². The first kappa shape index (κ1) is 25.1. The van der Waals surface area contributed by atoms with E-state index in [0.717, 1.165) is 11.1 Å². The monoisotopic (exact) mass is 483 g/mol. The Balaban J connectivity index is 1.97. The summed E-state index contributed by atoms with van der Waals surface area (Å²) in [6.45, 7) is 7.38. The molecule has 0 radical (unpaired) electrons. The molecule has 180 valence electrons. The zero-order valence-corrected chi connectivity index (χ0v) is 21.0. The van der Waals surface area contributed by atoms with Gasteiger partial charge >= 0.3 is 12.1 Å². The fourth-order valence-electron chi connectivity index (χ4n) is 3.25. The largest absolute Gasteiger partial charge is 0.493 e. The van der Waals surface area contributed by atoms with Crippen LogP contribution in [0.2, 0.25) is 0 Å². The van der Waals surface area contributed by atoms with Crippen LogP contribution in [0.25, 0.3) is 11.1 Å². The number of hydrogen-bond acceptors (Lipinski definition) is 7. The summed E-state index contributed by atoms with van der Waals surface area (Å²) in [5.74, 6) is 0.532. The molecule has 0 saturated carbocycles. The van der Waals surface area contributed by atoms with E-state index in [1.54, 1.807) is 52.5 Å². The first-order chi connectivity index (χ1) is 16.1. The van der Waals surface area contributed by atoms with Gasteiger partial charge in [0.15, 0.2) is 11.5 Å². The minimum atomic E-state index is -0.682. The number of amides is 1. The summed E-state index contributed by atoms with van der Waals surface area (Å²) < 4.78 is 21.8.